The highest BCUT2D eigenvalue weighted by Gasteiger charge is 2.33. The van der Waals surface area contributed by atoms with Crippen molar-refractivity contribution in [3.05, 3.63) is 35.7 Å². The summed E-state index contributed by atoms with van der Waals surface area (Å²) in [5, 5.41) is 15.9. The van der Waals surface area contributed by atoms with E-state index in [4.69, 9.17) is 5.11 Å². The summed E-state index contributed by atoms with van der Waals surface area (Å²) in [6.07, 6.45) is -1.02. The Labute approximate surface area is 145 Å². The summed E-state index contributed by atoms with van der Waals surface area (Å²) in [6.45, 7) is -0.525. The predicted molar refractivity (Wildman–Crippen MR) is 80.5 cm³/mol. The van der Waals surface area contributed by atoms with Crippen LogP contribution in [-0.4, -0.2) is 61.8 Å². The first-order valence-electron chi connectivity index (χ1n) is 7.83. The number of halogens is 4. The third kappa shape index (κ3) is 4.15. The van der Waals surface area contributed by atoms with Crippen molar-refractivity contribution in [2.75, 3.05) is 19.6 Å². The zero-order valence-corrected chi connectivity index (χ0v) is 13.4. The van der Waals surface area contributed by atoms with Gasteiger partial charge >= 0.3 is 12.1 Å². The second kappa shape index (κ2) is 6.98. The van der Waals surface area contributed by atoms with Crippen LogP contribution in [0, 0.1) is 5.82 Å². The molecule has 1 aliphatic heterocycles. The second-order valence-corrected chi connectivity index (χ2v) is 6.08. The predicted octanol–water partition coefficient (Wildman–Crippen LogP) is 2.24. The van der Waals surface area contributed by atoms with Gasteiger partial charge in [0.1, 0.15) is 5.82 Å². The van der Waals surface area contributed by atoms with Crippen molar-refractivity contribution in [2.24, 2.45) is 0 Å². The van der Waals surface area contributed by atoms with E-state index in [1.54, 1.807) is 0 Å². The molecule has 26 heavy (non-hydrogen) atoms. The summed E-state index contributed by atoms with van der Waals surface area (Å²) < 4.78 is 52.8. The van der Waals surface area contributed by atoms with Crippen molar-refractivity contribution in [1.29, 1.82) is 0 Å². The standard InChI is InChI=1S/C15H15F4N5O2/c16-11-5-10(24-7-12(14(25)26)21-22-24)6-20-13(11)9-1-3-23(4-2-9)8-15(17,18)19/h5-7,9H,1-4,8H2,(H,25,26). The van der Waals surface area contributed by atoms with Gasteiger partial charge < -0.3 is 5.11 Å². The molecule has 11 heteroatoms. The number of carboxylic acids is 1. The number of aromatic nitrogens is 4. The van der Waals surface area contributed by atoms with Crippen molar-refractivity contribution >= 4 is 5.97 Å². The normalized spacial score (nSPS) is 16.8. The lowest BCUT2D eigenvalue weighted by Gasteiger charge is -2.32. The number of piperidine rings is 1. The number of hydrogen-bond donors (Lipinski definition) is 1. The minimum atomic E-state index is -4.25. The third-order valence-electron chi connectivity index (χ3n) is 4.21. The molecule has 0 bridgehead atoms. The fraction of sp³-hybridized carbons (Fsp3) is 0.467. The first kappa shape index (κ1) is 18.2. The van der Waals surface area contributed by atoms with Crippen molar-refractivity contribution in [3.63, 3.8) is 0 Å². The number of carbonyl (C=O) groups is 1. The van der Waals surface area contributed by atoms with Crippen molar-refractivity contribution in [1.82, 2.24) is 24.9 Å². The van der Waals surface area contributed by atoms with Gasteiger partial charge in [-0.25, -0.2) is 13.9 Å². The Hall–Kier alpha value is -2.56. The van der Waals surface area contributed by atoms with Gasteiger partial charge in [0.05, 0.1) is 30.3 Å². The molecule has 3 rings (SSSR count). The topological polar surface area (TPSA) is 84.1 Å². The molecular weight excluding hydrogens is 358 g/mol. The summed E-state index contributed by atoms with van der Waals surface area (Å²) in [4.78, 5) is 16.2. The summed E-state index contributed by atoms with van der Waals surface area (Å²) in [6, 6.07) is 1.16. The Balaban J connectivity index is 1.69. The summed E-state index contributed by atoms with van der Waals surface area (Å²) in [5.41, 5.74) is 0.117. The van der Waals surface area contributed by atoms with Crippen LogP contribution < -0.4 is 0 Å². The summed E-state index contributed by atoms with van der Waals surface area (Å²) in [7, 11) is 0. The van der Waals surface area contributed by atoms with Crippen LogP contribution >= 0.6 is 0 Å². The third-order valence-corrected chi connectivity index (χ3v) is 4.21. The van der Waals surface area contributed by atoms with E-state index in [0.29, 0.717) is 12.8 Å². The number of alkyl halides is 3. The lowest BCUT2D eigenvalue weighted by Crippen LogP contribution is -2.39. The van der Waals surface area contributed by atoms with E-state index in [9.17, 15) is 22.4 Å². The van der Waals surface area contributed by atoms with E-state index in [2.05, 4.69) is 15.3 Å². The summed E-state index contributed by atoms with van der Waals surface area (Å²) in [5.74, 6) is -2.13. The SMILES string of the molecule is O=C(O)c1cn(-c2cnc(C3CCN(CC(F)(F)F)CC3)c(F)c2)nn1. The van der Waals surface area contributed by atoms with Crippen LogP contribution in [0.5, 0.6) is 0 Å². The zero-order valence-electron chi connectivity index (χ0n) is 13.4. The smallest absolute Gasteiger partial charge is 0.401 e. The van der Waals surface area contributed by atoms with Crippen LogP contribution in [0.4, 0.5) is 17.6 Å². The molecule has 0 radical (unpaired) electrons. The molecule has 0 aliphatic carbocycles. The van der Waals surface area contributed by atoms with Crippen LogP contribution in [0.25, 0.3) is 5.69 Å². The zero-order chi connectivity index (χ0) is 18.9. The highest BCUT2D eigenvalue weighted by molar-refractivity contribution is 5.84. The average Bonchev–Trinajstić information content (AvgIpc) is 3.04. The van der Waals surface area contributed by atoms with Crippen LogP contribution in [0.3, 0.4) is 0 Å². The molecule has 0 unspecified atom stereocenters. The lowest BCUT2D eigenvalue weighted by atomic mass is 9.92. The van der Waals surface area contributed by atoms with E-state index in [-0.39, 0.29) is 36.1 Å². The molecule has 1 aliphatic rings. The molecule has 0 atom stereocenters. The molecule has 3 heterocycles. The number of hydrogen-bond acceptors (Lipinski definition) is 5. The summed E-state index contributed by atoms with van der Waals surface area (Å²) >= 11 is 0. The molecule has 2 aromatic heterocycles. The van der Waals surface area contributed by atoms with Crippen LogP contribution in [0.15, 0.2) is 18.5 Å². The van der Waals surface area contributed by atoms with Crippen LogP contribution in [0.1, 0.15) is 34.9 Å². The van der Waals surface area contributed by atoms with Gasteiger partial charge in [-0.05, 0) is 25.9 Å². The van der Waals surface area contributed by atoms with E-state index in [0.717, 1.165) is 16.9 Å². The molecule has 1 fully saturated rings. The largest absolute Gasteiger partial charge is 0.476 e. The van der Waals surface area contributed by atoms with Gasteiger partial charge in [-0.3, -0.25) is 9.88 Å². The molecular formula is C15H15F4N5O2. The Bertz CT molecular complexity index is 800. The molecule has 1 N–H and O–H groups in total. The van der Waals surface area contributed by atoms with Crippen molar-refractivity contribution in [3.8, 4) is 5.69 Å². The monoisotopic (exact) mass is 373 g/mol. The van der Waals surface area contributed by atoms with E-state index >= 15 is 0 Å². The first-order chi connectivity index (χ1) is 12.2. The highest BCUT2D eigenvalue weighted by atomic mass is 19.4. The number of carboxylic acid groups (broad SMARTS) is 1. The van der Waals surface area contributed by atoms with Gasteiger partial charge in [0.25, 0.3) is 0 Å². The molecule has 0 spiro atoms. The Kier molecular flexibility index (Phi) is 4.90. The number of aromatic carboxylic acids is 1. The van der Waals surface area contributed by atoms with E-state index in [1.807, 2.05) is 0 Å². The Morgan fingerprint density at radius 3 is 2.54 bits per heavy atom. The maximum absolute atomic E-state index is 14.4. The van der Waals surface area contributed by atoms with Gasteiger partial charge in [0.2, 0.25) is 0 Å². The molecule has 0 saturated carbocycles. The Morgan fingerprint density at radius 2 is 2.00 bits per heavy atom. The number of pyridine rings is 1. The lowest BCUT2D eigenvalue weighted by molar-refractivity contribution is -0.148. The van der Waals surface area contributed by atoms with E-state index in [1.165, 1.54) is 11.1 Å². The van der Waals surface area contributed by atoms with Gasteiger partial charge in [0.15, 0.2) is 5.69 Å². The minimum Gasteiger partial charge on any atom is -0.476 e. The van der Waals surface area contributed by atoms with E-state index < -0.39 is 24.5 Å². The number of nitrogens with zero attached hydrogens (tertiary/aromatic N) is 5. The maximum atomic E-state index is 14.4. The molecule has 140 valence electrons. The second-order valence-electron chi connectivity index (χ2n) is 6.08. The van der Waals surface area contributed by atoms with Crippen LogP contribution in [0.2, 0.25) is 0 Å². The van der Waals surface area contributed by atoms with Gasteiger partial charge in [-0.1, -0.05) is 5.21 Å². The number of likely N-dealkylation sites (tertiary alicyclic amines) is 1. The fourth-order valence-electron chi connectivity index (χ4n) is 2.97. The minimum absolute atomic E-state index is 0.194. The van der Waals surface area contributed by atoms with Crippen molar-refractivity contribution < 1.29 is 27.5 Å². The fourth-order valence-corrected chi connectivity index (χ4v) is 2.97. The highest BCUT2D eigenvalue weighted by Crippen LogP contribution is 2.30. The van der Waals surface area contributed by atoms with Crippen molar-refractivity contribution in [2.45, 2.75) is 24.9 Å². The molecule has 7 nitrogen and oxygen atoms in total. The quantitative estimate of drug-likeness (QED) is 0.828. The Morgan fingerprint density at radius 1 is 1.31 bits per heavy atom. The molecule has 2 aromatic rings. The first-order valence-corrected chi connectivity index (χ1v) is 7.83. The number of rotatable bonds is 4. The molecule has 0 aromatic carbocycles. The molecule has 1 saturated heterocycles. The average molecular weight is 373 g/mol. The van der Waals surface area contributed by atoms with Crippen LogP contribution in [-0.2, 0) is 0 Å². The molecule has 0 amide bonds. The van der Waals surface area contributed by atoms with Gasteiger partial charge in [-0.15, -0.1) is 5.10 Å². The van der Waals surface area contributed by atoms with Gasteiger partial charge in [0, 0.05) is 12.0 Å². The van der Waals surface area contributed by atoms with Gasteiger partial charge in [-0.2, -0.15) is 13.2 Å². The maximum Gasteiger partial charge on any atom is 0.401 e.